The van der Waals surface area contributed by atoms with Gasteiger partial charge in [-0.2, -0.15) is 0 Å². The number of aryl methyl sites for hydroxylation is 1. The van der Waals surface area contributed by atoms with Crippen LogP contribution < -0.4 is 5.32 Å². The normalized spacial score (nSPS) is 14.4. The minimum absolute atomic E-state index is 0.0397. The van der Waals surface area contributed by atoms with Gasteiger partial charge in [0.2, 0.25) is 0 Å². The Labute approximate surface area is 221 Å². The first-order valence-electron chi connectivity index (χ1n) is 12.4. The van der Waals surface area contributed by atoms with E-state index >= 15 is 0 Å². The molecule has 2 aromatic carbocycles. The molecule has 0 unspecified atom stereocenters. The first kappa shape index (κ1) is 25.5. The first-order valence-corrected chi connectivity index (χ1v) is 14.3. The molecule has 1 aliphatic heterocycles. The lowest BCUT2D eigenvalue weighted by Crippen LogP contribution is -2.38. The Morgan fingerprint density at radius 2 is 1.63 bits per heavy atom. The van der Waals surface area contributed by atoms with Crippen LogP contribution in [-0.4, -0.2) is 54.4 Å². The zero-order chi connectivity index (χ0) is 26.9. The molecule has 0 atom stereocenters. The molecule has 2 aromatic heterocycles. The molecule has 4 aromatic rings. The number of benzene rings is 2. The van der Waals surface area contributed by atoms with Gasteiger partial charge in [0.25, 0.3) is 11.8 Å². The van der Waals surface area contributed by atoms with E-state index in [2.05, 4.69) is 21.4 Å². The van der Waals surface area contributed by atoms with Crippen LogP contribution in [0.4, 0.5) is 5.69 Å². The number of piperidine rings is 1. The number of aromatic nitrogens is 2. The van der Waals surface area contributed by atoms with Crippen molar-refractivity contribution < 1.29 is 18.0 Å². The zero-order valence-corrected chi connectivity index (χ0v) is 22.0. The second-order valence-corrected chi connectivity index (χ2v) is 11.7. The lowest BCUT2D eigenvalue weighted by atomic mass is 9.89. The van der Waals surface area contributed by atoms with Crippen LogP contribution in [0.1, 0.15) is 50.9 Å². The summed E-state index contributed by atoms with van der Waals surface area (Å²) < 4.78 is 23.1. The third kappa shape index (κ3) is 5.57. The second kappa shape index (κ2) is 10.3. The number of anilines is 1. The Balaban J connectivity index is 1.17. The van der Waals surface area contributed by atoms with E-state index in [1.54, 1.807) is 6.07 Å². The molecule has 0 saturated carbocycles. The largest absolute Gasteiger partial charge is 0.337 e. The Hall–Kier alpha value is -4.11. The maximum Gasteiger partial charge on any atom is 0.274 e. The van der Waals surface area contributed by atoms with Crippen LogP contribution in [0.2, 0.25) is 0 Å². The number of nitrogens with one attached hydrogen (secondary N) is 1. The molecule has 5 rings (SSSR count). The van der Waals surface area contributed by atoms with E-state index < -0.39 is 15.7 Å². The van der Waals surface area contributed by atoms with Gasteiger partial charge in [-0.3, -0.25) is 9.59 Å². The number of rotatable bonds is 5. The highest BCUT2D eigenvalue weighted by atomic mass is 32.2. The van der Waals surface area contributed by atoms with Gasteiger partial charge in [-0.1, -0.05) is 29.8 Å². The highest BCUT2D eigenvalue weighted by molar-refractivity contribution is 7.90. The molecule has 1 fully saturated rings. The van der Waals surface area contributed by atoms with Crippen LogP contribution in [0.15, 0.2) is 77.8 Å². The Kier molecular flexibility index (Phi) is 6.94. The predicted molar refractivity (Wildman–Crippen MR) is 146 cm³/mol. The molecule has 0 radical (unpaired) electrons. The fraction of sp³-hybridized carbons (Fsp3) is 0.241. The highest BCUT2D eigenvalue weighted by Gasteiger charge is 2.25. The SMILES string of the molecule is Cc1ccc2nc(C(=O)N3CCC(c4ccc(NC(=O)c5ccc(S(C)(=O)=O)cn5)cc4)CC3)ccc2c1. The van der Waals surface area contributed by atoms with Crippen molar-refractivity contribution in [2.75, 3.05) is 24.7 Å². The van der Waals surface area contributed by atoms with Crippen molar-refractivity contribution in [3.8, 4) is 0 Å². The van der Waals surface area contributed by atoms with Crippen molar-refractivity contribution in [2.24, 2.45) is 0 Å². The summed E-state index contributed by atoms with van der Waals surface area (Å²) in [6.45, 7) is 3.35. The number of pyridine rings is 2. The number of hydrogen-bond donors (Lipinski definition) is 1. The van der Waals surface area contributed by atoms with E-state index in [4.69, 9.17) is 0 Å². The monoisotopic (exact) mass is 528 g/mol. The van der Waals surface area contributed by atoms with Gasteiger partial charge < -0.3 is 10.2 Å². The van der Waals surface area contributed by atoms with E-state index in [-0.39, 0.29) is 16.5 Å². The summed E-state index contributed by atoms with van der Waals surface area (Å²) in [4.78, 5) is 36.1. The lowest BCUT2D eigenvalue weighted by Gasteiger charge is -2.32. The zero-order valence-electron chi connectivity index (χ0n) is 21.2. The van der Waals surface area contributed by atoms with Gasteiger partial charge in [0, 0.05) is 36.6 Å². The van der Waals surface area contributed by atoms with E-state index in [9.17, 15) is 18.0 Å². The van der Waals surface area contributed by atoms with Crippen LogP contribution in [0.5, 0.6) is 0 Å². The Morgan fingerprint density at radius 1 is 0.921 bits per heavy atom. The standard InChI is InChI=1S/C29H28N4O4S/c1-19-3-10-25-22(17-19)6-11-27(32-25)29(35)33-15-13-21(14-16-33)20-4-7-23(8-5-20)31-28(34)26-12-9-24(18-30-26)38(2,36)37/h3-12,17-18,21H,13-16H2,1-2H3,(H,31,34). The minimum atomic E-state index is -3.37. The molecule has 194 valence electrons. The van der Waals surface area contributed by atoms with Crippen molar-refractivity contribution >= 4 is 38.2 Å². The van der Waals surface area contributed by atoms with Gasteiger partial charge in [0.05, 0.1) is 10.4 Å². The summed E-state index contributed by atoms with van der Waals surface area (Å²) in [5.74, 6) is -0.134. The van der Waals surface area contributed by atoms with Crippen LogP contribution in [0.3, 0.4) is 0 Å². The fourth-order valence-corrected chi connectivity index (χ4v) is 5.27. The maximum atomic E-state index is 13.1. The van der Waals surface area contributed by atoms with Crippen LogP contribution in [-0.2, 0) is 9.84 Å². The Morgan fingerprint density at radius 3 is 2.29 bits per heavy atom. The summed E-state index contributed by atoms with van der Waals surface area (Å²) in [7, 11) is -3.37. The molecule has 0 bridgehead atoms. The molecule has 1 N–H and O–H groups in total. The van der Waals surface area contributed by atoms with Crippen molar-refractivity contribution in [3.05, 3.63) is 95.4 Å². The summed E-state index contributed by atoms with van der Waals surface area (Å²) in [6.07, 6.45) is 3.97. The predicted octanol–water partition coefficient (Wildman–Crippen LogP) is 4.61. The van der Waals surface area contributed by atoms with Crippen molar-refractivity contribution in [1.82, 2.24) is 14.9 Å². The lowest BCUT2D eigenvalue weighted by molar-refractivity contribution is 0.0707. The number of hydrogen-bond acceptors (Lipinski definition) is 6. The average molecular weight is 529 g/mol. The molecule has 1 saturated heterocycles. The third-order valence-electron chi connectivity index (χ3n) is 6.88. The second-order valence-electron chi connectivity index (χ2n) is 9.69. The molecular weight excluding hydrogens is 500 g/mol. The number of nitrogens with zero attached hydrogens (tertiary/aromatic N) is 3. The fourth-order valence-electron chi connectivity index (χ4n) is 4.71. The van der Waals surface area contributed by atoms with Crippen molar-refractivity contribution in [1.29, 1.82) is 0 Å². The number of carbonyl (C=O) groups is 2. The quantitative estimate of drug-likeness (QED) is 0.405. The smallest absolute Gasteiger partial charge is 0.274 e. The van der Waals surface area contributed by atoms with E-state index in [0.29, 0.717) is 30.4 Å². The maximum absolute atomic E-state index is 13.1. The number of likely N-dealkylation sites (tertiary alicyclic amines) is 1. The molecule has 9 heteroatoms. The van der Waals surface area contributed by atoms with Gasteiger partial charge in [0.1, 0.15) is 11.4 Å². The van der Waals surface area contributed by atoms with Crippen molar-refractivity contribution in [3.63, 3.8) is 0 Å². The molecule has 2 amide bonds. The molecule has 0 spiro atoms. The summed E-state index contributed by atoms with van der Waals surface area (Å²) >= 11 is 0. The number of sulfone groups is 1. The molecule has 3 heterocycles. The van der Waals surface area contributed by atoms with Crippen LogP contribution >= 0.6 is 0 Å². The topological polar surface area (TPSA) is 109 Å². The van der Waals surface area contributed by atoms with Gasteiger partial charge >= 0.3 is 0 Å². The van der Waals surface area contributed by atoms with Crippen LogP contribution in [0, 0.1) is 6.92 Å². The third-order valence-corrected chi connectivity index (χ3v) is 7.98. The summed E-state index contributed by atoms with van der Waals surface area (Å²) in [5.41, 5.74) is 4.37. The highest BCUT2D eigenvalue weighted by Crippen LogP contribution is 2.29. The number of amides is 2. The Bertz CT molecular complexity index is 1610. The summed E-state index contributed by atoms with van der Waals surface area (Å²) in [5, 5.41) is 3.82. The first-order chi connectivity index (χ1) is 18.2. The van der Waals surface area contributed by atoms with Crippen LogP contribution in [0.25, 0.3) is 10.9 Å². The van der Waals surface area contributed by atoms with Gasteiger partial charge in [-0.15, -0.1) is 0 Å². The van der Waals surface area contributed by atoms with Crippen molar-refractivity contribution in [2.45, 2.75) is 30.6 Å². The van der Waals surface area contributed by atoms with Gasteiger partial charge in [0.15, 0.2) is 9.84 Å². The molecule has 38 heavy (non-hydrogen) atoms. The van der Waals surface area contributed by atoms with E-state index in [1.807, 2.05) is 54.3 Å². The minimum Gasteiger partial charge on any atom is -0.337 e. The average Bonchev–Trinajstić information content (AvgIpc) is 2.92. The van der Waals surface area contributed by atoms with E-state index in [1.165, 1.54) is 18.3 Å². The number of fused-ring (bicyclic) bond motifs is 1. The molecule has 0 aliphatic carbocycles. The summed E-state index contributed by atoms with van der Waals surface area (Å²) in [6, 6.07) is 20.2. The van der Waals surface area contributed by atoms with E-state index in [0.717, 1.165) is 41.1 Å². The van der Waals surface area contributed by atoms with Gasteiger partial charge in [-0.05, 0) is 73.7 Å². The molecular formula is C29H28N4O4S. The molecule has 8 nitrogen and oxygen atoms in total. The number of carbonyl (C=O) groups excluding carboxylic acids is 2. The van der Waals surface area contributed by atoms with Gasteiger partial charge in [-0.25, -0.2) is 18.4 Å². The molecule has 1 aliphatic rings.